The first kappa shape index (κ1) is 15.0. The van der Waals surface area contributed by atoms with Crippen molar-refractivity contribution < 1.29 is 9.59 Å². The van der Waals surface area contributed by atoms with E-state index in [1.165, 1.54) is 13.8 Å². The van der Waals surface area contributed by atoms with Crippen molar-refractivity contribution in [2.24, 2.45) is 4.99 Å². The second-order valence-electron chi connectivity index (χ2n) is 4.81. The minimum absolute atomic E-state index is 0.138. The Morgan fingerprint density at radius 1 is 1.38 bits per heavy atom. The number of aromatic nitrogens is 2. The van der Waals surface area contributed by atoms with Gasteiger partial charge in [-0.25, -0.2) is 4.98 Å². The Kier molecular flexibility index (Phi) is 4.86. The zero-order valence-electron chi connectivity index (χ0n) is 12.2. The summed E-state index contributed by atoms with van der Waals surface area (Å²) in [6.45, 7) is 4.40. The number of aryl methyl sites for hydroxylation is 1. The van der Waals surface area contributed by atoms with Gasteiger partial charge in [-0.2, -0.15) is 4.99 Å². The van der Waals surface area contributed by atoms with Crippen LogP contribution in [0.4, 0.5) is 5.95 Å². The quantitative estimate of drug-likeness (QED) is 0.888. The predicted molar refractivity (Wildman–Crippen MR) is 79.7 cm³/mol. The molecule has 0 fully saturated rings. The largest absolute Gasteiger partial charge is 0.336 e. The highest BCUT2D eigenvalue weighted by Gasteiger charge is 2.13. The van der Waals surface area contributed by atoms with Crippen LogP contribution in [0, 0.1) is 0 Å². The lowest BCUT2D eigenvalue weighted by Crippen LogP contribution is -2.24. The Hall–Kier alpha value is -2.44. The lowest BCUT2D eigenvalue weighted by atomic mass is 10.3. The first-order valence-corrected chi connectivity index (χ1v) is 6.86. The van der Waals surface area contributed by atoms with Crippen LogP contribution in [0.1, 0.15) is 26.7 Å². The molecule has 1 N–H and O–H groups in total. The molecule has 0 unspecified atom stereocenters. The summed E-state index contributed by atoms with van der Waals surface area (Å²) in [4.78, 5) is 32.2. The first-order chi connectivity index (χ1) is 10.1. The van der Waals surface area contributed by atoms with Crippen molar-refractivity contribution in [1.29, 1.82) is 0 Å². The number of aliphatic imine (C=N–C) groups is 1. The van der Waals surface area contributed by atoms with E-state index in [9.17, 15) is 9.59 Å². The highest BCUT2D eigenvalue weighted by Crippen LogP contribution is 2.11. The monoisotopic (exact) mass is 289 g/mol. The maximum absolute atomic E-state index is 11.1. The summed E-state index contributed by atoms with van der Waals surface area (Å²) in [5.74, 6) is 1.02. The molecular formula is C14H19N5O2. The Balaban J connectivity index is 1.87. The average Bonchev–Trinajstić information content (AvgIpc) is 2.99. The van der Waals surface area contributed by atoms with Crippen molar-refractivity contribution in [3.63, 3.8) is 0 Å². The number of rotatable bonds is 5. The third kappa shape index (κ3) is 4.27. The van der Waals surface area contributed by atoms with E-state index in [2.05, 4.69) is 15.3 Å². The molecule has 1 aliphatic rings. The van der Waals surface area contributed by atoms with Gasteiger partial charge in [-0.05, 0) is 6.42 Å². The zero-order chi connectivity index (χ0) is 15.2. The fraction of sp³-hybridized carbons (Fsp3) is 0.429. The molecule has 0 spiro atoms. The topological polar surface area (TPSA) is 79.6 Å². The standard InChI is InChI=1S/C14H19N5O2/c1-11(20)16-13-5-3-7-18(13)8-4-9-19-10-6-15-14(19)17-12(2)21/h3,6-7,10H,4-5,8-9H2,1-2H3,(H,15,17,21). The molecule has 7 nitrogen and oxygen atoms in total. The zero-order valence-corrected chi connectivity index (χ0v) is 12.2. The second-order valence-corrected chi connectivity index (χ2v) is 4.81. The van der Waals surface area contributed by atoms with E-state index in [0.29, 0.717) is 12.4 Å². The van der Waals surface area contributed by atoms with Crippen molar-refractivity contribution in [3.05, 3.63) is 24.7 Å². The van der Waals surface area contributed by atoms with Gasteiger partial charge in [-0.3, -0.25) is 14.9 Å². The van der Waals surface area contributed by atoms with Crippen molar-refractivity contribution >= 4 is 23.6 Å². The van der Waals surface area contributed by atoms with Gasteiger partial charge < -0.3 is 9.47 Å². The highest BCUT2D eigenvalue weighted by atomic mass is 16.1. The van der Waals surface area contributed by atoms with Crippen molar-refractivity contribution in [2.75, 3.05) is 11.9 Å². The van der Waals surface area contributed by atoms with Crippen LogP contribution in [0.2, 0.25) is 0 Å². The third-order valence-corrected chi connectivity index (χ3v) is 3.01. The SMILES string of the molecule is CC(=O)N=C1CC=CN1CCCn1ccnc1NC(C)=O. The molecule has 0 saturated carbocycles. The fourth-order valence-electron chi connectivity index (χ4n) is 2.17. The molecule has 7 heteroatoms. The lowest BCUT2D eigenvalue weighted by molar-refractivity contribution is -0.116. The van der Waals surface area contributed by atoms with Gasteiger partial charge in [0.05, 0.1) is 0 Å². The summed E-state index contributed by atoms with van der Waals surface area (Å²) in [5, 5.41) is 2.68. The minimum Gasteiger partial charge on any atom is -0.336 e. The number of amides is 2. The number of imidazole rings is 1. The van der Waals surface area contributed by atoms with Crippen molar-refractivity contribution in [2.45, 2.75) is 33.2 Å². The van der Waals surface area contributed by atoms with E-state index in [1.807, 2.05) is 27.9 Å². The summed E-state index contributed by atoms with van der Waals surface area (Å²) in [6.07, 6.45) is 8.97. The van der Waals surface area contributed by atoms with Gasteiger partial charge >= 0.3 is 0 Å². The average molecular weight is 289 g/mol. The molecule has 1 aliphatic heterocycles. The van der Waals surface area contributed by atoms with Gasteiger partial charge in [-0.1, -0.05) is 6.08 Å². The number of amidine groups is 1. The van der Waals surface area contributed by atoms with Gasteiger partial charge in [0.15, 0.2) is 0 Å². The number of hydrogen-bond donors (Lipinski definition) is 1. The molecule has 0 radical (unpaired) electrons. The fourth-order valence-corrected chi connectivity index (χ4v) is 2.17. The Labute approximate surface area is 123 Å². The van der Waals surface area contributed by atoms with Crippen LogP contribution in [0.3, 0.4) is 0 Å². The molecule has 0 atom stereocenters. The number of nitrogens with zero attached hydrogens (tertiary/aromatic N) is 4. The summed E-state index contributed by atoms with van der Waals surface area (Å²) < 4.78 is 1.89. The molecule has 112 valence electrons. The van der Waals surface area contributed by atoms with Gasteiger partial charge in [0.2, 0.25) is 17.8 Å². The van der Waals surface area contributed by atoms with Crippen LogP contribution in [0.5, 0.6) is 0 Å². The van der Waals surface area contributed by atoms with Crippen molar-refractivity contribution in [3.8, 4) is 0 Å². The van der Waals surface area contributed by atoms with Gasteiger partial charge in [0.1, 0.15) is 5.84 Å². The minimum atomic E-state index is -0.179. The molecule has 1 aromatic heterocycles. The summed E-state index contributed by atoms with van der Waals surface area (Å²) in [6, 6.07) is 0. The molecule has 0 aromatic carbocycles. The summed E-state index contributed by atoms with van der Waals surface area (Å²) in [5.41, 5.74) is 0. The predicted octanol–water partition coefficient (Wildman–Crippen LogP) is 1.40. The van der Waals surface area contributed by atoms with Crippen LogP contribution in [-0.4, -0.2) is 38.6 Å². The Morgan fingerprint density at radius 3 is 2.90 bits per heavy atom. The maximum atomic E-state index is 11.1. The maximum Gasteiger partial charge on any atom is 0.244 e. The van der Waals surface area contributed by atoms with Gasteiger partial charge in [0, 0.05) is 52.0 Å². The van der Waals surface area contributed by atoms with Crippen molar-refractivity contribution in [1.82, 2.24) is 14.5 Å². The van der Waals surface area contributed by atoms with Crippen LogP contribution in [0.15, 0.2) is 29.7 Å². The second kappa shape index (κ2) is 6.83. The van der Waals surface area contributed by atoms with E-state index >= 15 is 0 Å². The molecule has 0 bridgehead atoms. The lowest BCUT2D eigenvalue weighted by Gasteiger charge is -2.17. The molecule has 0 saturated heterocycles. The van der Waals surface area contributed by atoms with Crippen LogP contribution < -0.4 is 5.32 Å². The highest BCUT2D eigenvalue weighted by molar-refractivity contribution is 5.96. The molecule has 2 rings (SSSR count). The number of carbonyl (C=O) groups is 2. The Morgan fingerprint density at radius 2 is 2.19 bits per heavy atom. The van der Waals surface area contributed by atoms with Gasteiger partial charge in [-0.15, -0.1) is 0 Å². The van der Waals surface area contributed by atoms with E-state index in [-0.39, 0.29) is 11.8 Å². The number of carbonyl (C=O) groups excluding carboxylic acids is 2. The van der Waals surface area contributed by atoms with Crippen LogP contribution >= 0.6 is 0 Å². The van der Waals surface area contributed by atoms with E-state index in [4.69, 9.17) is 0 Å². The first-order valence-electron chi connectivity index (χ1n) is 6.86. The van der Waals surface area contributed by atoms with E-state index < -0.39 is 0 Å². The summed E-state index contributed by atoms with van der Waals surface area (Å²) in [7, 11) is 0. The summed E-state index contributed by atoms with van der Waals surface area (Å²) >= 11 is 0. The molecule has 1 aromatic rings. The molecular weight excluding hydrogens is 270 g/mol. The third-order valence-electron chi connectivity index (χ3n) is 3.01. The normalized spacial score (nSPS) is 15.7. The van der Waals surface area contributed by atoms with Crippen LogP contribution in [-0.2, 0) is 16.1 Å². The van der Waals surface area contributed by atoms with E-state index in [1.54, 1.807) is 6.20 Å². The number of hydrogen-bond acceptors (Lipinski definition) is 3. The molecule has 21 heavy (non-hydrogen) atoms. The molecule has 2 heterocycles. The van der Waals surface area contributed by atoms with E-state index in [0.717, 1.165) is 25.3 Å². The van der Waals surface area contributed by atoms with Gasteiger partial charge in [0.25, 0.3) is 0 Å². The Bertz CT molecular complexity index is 588. The number of anilines is 1. The molecule has 2 amide bonds. The van der Waals surface area contributed by atoms with Crippen LogP contribution in [0.25, 0.3) is 0 Å². The molecule has 0 aliphatic carbocycles. The number of nitrogens with one attached hydrogen (secondary N) is 1. The smallest absolute Gasteiger partial charge is 0.244 e.